The minimum absolute atomic E-state index is 0.0262. The Balaban J connectivity index is 1.68. The molecule has 1 fully saturated rings. The smallest absolute Gasteiger partial charge is 0.387 e. The number of hydrogen-bond acceptors (Lipinski definition) is 6. The minimum atomic E-state index is -2.88. The van der Waals surface area contributed by atoms with Crippen LogP contribution in [0.2, 0.25) is 0 Å². The van der Waals surface area contributed by atoms with E-state index in [0.717, 1.165) is 6.42 Å². The molecule has 0 radical (unpaired) electrons. The number of pyridine rings is 1. The predicted octanol–water partition coefficient (Wildman–Crippen LogP) is 3.59. The lowest BCUT2D eigenvalue weighted by Gasteiger charge is -2.22. The van der Waals surface area contributed by atoms with Gasteiger partial charge in [0.05, 0.1) is 10.6 Å². The Morgan fingerprint density at radius 2 is 2.19 bits per heavy atom. The van der Waals surface area contributed by atoms with Crippen molar-refractivity contribution in [2.75, 3.05) is 23.3 Å². The quantitative estimate of drug-likeness (QED) is 0.623. The highest BCUT2D eigenvalue weighted by Crippen LogP contribution is 2.32. The molecule has 0 amide bonds. The van der Waals surface area contributed by atoms with Crippen LogP contribution in [-0.4, -0.2) is 35.7 Å². The molecule has 1 aromatic carbocycles. The van der Waals surface area contributed by atoms with E-state index >= 15 is 0 Å². The molecule has 0 bridgehead atoms. The highest BCUT2D eigenvalue weighted by molar-refractivity contribution is 5.59. The Kier molecular flexibility index (Phi) is 5.15. The number of aromatic nitrogens is 1. The second-order valence-corrected chi connectivity index (χ2v) is 6.04. The molecule has 1 saturated heterocycles. The first-order chi connectivity index (χ1) is 12.4. The van der Waals surface area contributed by atoms with Crippen molar-refractivity contribution in [3.63, 3.8) is 0 Å². The summed E-state index contributed by atoms with van der Waals surface area (Å²) >= 11 is 0. The first kappa shape index (κ1) is 17.8. The number of nitrogens with one attached hydrogen (secondary N) is 1. The summed E-state index contributed by atoms with van der Waals surface area (Å²) in [6.45, 7) is 0.0401. The molecule has 26 heavy (non-hydrogen) atoms. The molecule has 138 valence electrons. The molecule has 9 heteroatoms. The number of alkyl halides is 2. The van der Waals surface area contributed by atoms with E-state index in [4.69, 9.17) is 0 Å². The van der Waals surface area contributed by atoms with Gasteiger partial charge in [-0.25, -0.2) is 4.98 Å². The summed E-state index contributed by atoms with van der Waals surface area (Å²) in [5.74, 6) is 0.699. The Hall–Kier alpha value is -2.97. The number of aryl methyl sites for hydroxylation is 1. The van der Waals surface area contributed by atoms with Crippen LogP contribution >= 0.6 is 0 Å². The lowest BCUT2D eigenvalue weighted by atomic mass is 10.2. The number of nitrogens with zero attached hydrogens (tertiary/aromatic N) is 3. The van der Waals surface area contributed by atoms with E-state index in [2.05, 4.69) is 15.0 Å². The van der Waals surface area contributed by atoms with Crippen molar-refractivity contribution in [2.45, 2.75) is 26.0 Å². The van der Waals surface area contributed by atoms with Crippen molar-refractivity contribution in [3.05, 3.63) is 52.2 Å². The zero-order valence-corrected chi connectivity index (χ0v) is 14.1. The van der Waals surface area contributed by atoms with Crippen LogP contribution in [0.25, 0.3) is 0 Å². The Morgan fingerprint density at radius 3 is 2.88 bits per heavy atom. The molecule has 7 nitrogen and oxygen atoms in total. The van der Waals surface area contributed by atoms with Crippen molar-refractivity contribution < 1.29 is 18.4 Å². The van der Waals surface area contributed by atoms with E-state index in [9.17, 15) is 18.9 Å². The van der Waals surface area contributed by atoms with Gasteiger partial charge < -0.3 is 15.0 Å². The second kappa shape index (κ2) is 7.51. The monoisotopic (exact) mass is 364 g/mol. The van der Waals surface area contributed by atoms with Gasteiger partial charge in [-0.3, -0.25) is 10.1 Å². The summed E-state index contributed by atoms with van der Waals surface area (Å²) in [4.78, 5) is 16.4. The fourth-order valence-corrected chi connectivity index (χ4v) is 3.04. The summed E-state index contributed by atoms with van der Waals surface area (Å²) in [6.07, 6.45) is 2.01. The predicted molar refractivity (Wildman–Crippen MR) is 92.9 cm³/mol. The Bertz CT molecular complexity index is 803. The van der Waals surface area contributed by atoms with E-state index in [1.165, 1.54) is 12.3 Å². The van der Waals surface area contributed by atoms with E-state index < -0.39 is 11.5 Å². The van der Waals surface area contributed by atoms with Gasteiger partial charge in [0.25, 0.3) is 5.69 Å². The van der Waals surface area contributed by atoms with Crippen LogP contribution in [0.15, 0.2) is 36.5 Å². The molecule has 2 heterocycles. The second-order valence-electron chi connectivity index (χ2n) is 6.04. The fraction of sp³-hybridized carbons (Fsp3) is 0.353. The number of ether oxygens (including phenoxy) is 1. The lowest BCUT2D eigenvalue weighted by molar-refractivity contribution is -0.385. The molecule has 1 unspecified atom stereocenters. The van der Waals surface area contributed by atoms with Crippen LogP contribution < -0.4 is 15.0 Å². The molecule has 1 N–H and O–H groups in total. The fourth-order valence-electron chi connectivity index (χ4n) is 3.04. The average Bonchev–Trinajstić information content (AvgIpc) is 3.03. The average molecular weight is 364 g/mol. The van der Waals surface area contributed by atoms with Gasteiger partial charge in [-0.1, -0.05) is 12.1 Å². The van der Waals surface area contributed by atoms with E-state index in [1.54, 1.807) is 31.2 Å². The number of rotatable bonds is 6. The van der Waals surface area contributed by atoms with Crippen LogP contribution in [0.1, 0.15) is 12.0 Å². The molecule has 0 spiro atoms. The first-order valence-corrected chi connectivity index (χ1v) is 8.10. The maximum absolute atomic E-state index is 12.6. The van der Waals surface area contributed by atoms with Crippen LogP contribution in [-0.2, 0) is 0 Å². The van der Waals surface area contributed by atoms with Crippen molar-refractivity contribution in [3.8, 4) is 5.75 Å². The number of nitro groups is 1. The summed E-state index contributed by atoms with van der Waals surface area (Å²) < 4.78 is 29.7. The summed E-state index contributed by atoms with van der Waals surface area (Å²) in [5.41, 5.74) is 1.12. The molecular weight excluding hydrogens is 346 g/mol. The molecule has 1 aliphatic rings. The van der Waals surface area contributed by atoms with Crippen molar-refractivity contribution in [2.24, 2.45) is 0 Å². The molecule has 0 aliphatic carbocycles. The van der Waals surface area contributed by atoms with Crippen molar-refractivity contribution in [1.29, 1.82) is 0 Å². The summed E-state index contributed by atoms with van der Waals surface area (Å²) in [6, 6.07) is 8.36. The SMILES string of the molecule is Cc1cc(NC2CCN(c3ccccc3OC(F)F)C2)ncc1[N+](=O)[O-]. The van der Waals surface area contributed by atoms with Crippen LogP contribution in [0.4, 0.5) is 26.0 Å². The van der Waals surface area contributed by atoms with Gasteiger partial charge in [0, 0.05) is 24.7 Å². The number of halogens is 2. The van der Waals surface area contributed by atoms with Gasteiger partial charge in [0.2, 0.25) is 0 Å². The number of para-hydroxylation sites is 2. The summed E-state index contributed by atoms with van der Waals surface area (Å²) in [5, 5.41) is 14.1. The van der Waals surface area contributed by atoms with Gasteiger partial charge in [-0.15, -0.1) is 0 Å². The lowest BCUT2D eigenvalue weighted by Crippen LogP contribution is -2.26. The third kappa shape index (κ3) is 3.98. The Labute approximate surface area is 148 Å². The molecule has 1 aliphatic heterocycles. The first-order valence-electron chi connectivity index (χ1n) is 8.10. The van der Waals surface area contributed by atoms with Gasteiger partial charge in [-0.05, 0) is 31.5 Å². The largest absolute Gasteiger partial charge is 0.433 e. The number of hydrogen-bond donors (Lipinski definition) is 1. The van der Waals surface area contributed by atoms with Crippen LogP contribution in [0, 0.1) is 17.0 Å². The topological polar surface area (TPSA) is 80.5 Å². The van der Waals surface area contributed by atoms with Crippen molar-refractivity contribution >= 4 is 17.2 Å². The maximum Gasteiger partial charge on any atom is 0.387 e. The normalized spacial score (nSPS) is 16.8. The zero-order valence-electron chi connectivity index (χ0n) is 14.1. The molecular formula is C17H18F2N4O3. The molecule has 0 saturated carbocycles. The summed E-state index contributed by atoms with van der Waals surface area (Å²) in [7, 11) is 0. The number of benzene rings is 1. The third-order valence-electron chi connectivity index (χ3n) is 4.24. The number of anilines is 2. The maximum atomic E-state index is 12.6. The molecule has 1 atom stereocenters. The highest BCUT2D eigenvalue weighted by atomic mass is 19.3. The Morgan fingerprint density at radius 1 is 1.42 bits per heavy atom. The van der Waals surface area contributed by atoms with Crippen molar-refractivity contribution in [1.82, 2.24) is 4.98 Å². The minimum Gasteiger partial charge on any atom is -0.433 e. The van der Waals surface area contributed by atoms with Crippen LogP contribution in [0.3, 0.4) is 0 Å². The standard InChI is InChI=1S/C17H18F2N4O3/c1-11-8-16(20-9-14(11)23(24)25)21-12-6-7-22(10-12)13-4-2-3-5-15(13)26-17(18)19/h2-5,8-9,12,17H,6-7,10H2,1H3,(H,20,21). The van der Waals surface area contributed by atoms with Gasteiger partial charge in [0.15, 0.2) is 0 Å². The molecule has 2 aromatic rings. The van der Waals surface area contributed by atoms with Crippen LogP contribution in [0.5, 0.6) is 5.75 Å². The molecule has 1 aromatic heterocycles. The van der Waals surface area contributed by atoms with E-state index in [-0.39, 0.29) is 17.5 Å². The van der Waals surface area contributed by atoms with E-state index in [1.807, 2.05) is 4.90 Å². The van der Waals surface area contributed by atoms with Gasteiger partial charge in [-0.2, -0.15) is 8.78 Å². The van der Waals surface area contributed by atoms with Gasteiger partial charge >= 0.3 is 6.61 Å². The highest BCUT2D eigenvalue weighted by Gasteiger charge is 2.26. The van der Waals surface area contributed by atoms with Gasteiger partial charge in [0.1, 0.15) is 17.8 Å². The third-order valence-corrected chi connectivity index (χ3v) is 4.24. The molecule has 3 rings (SSSR count). The zero-order chi connectivity index (χ0) is 18.7. The van der Waals surface area contributed by atoms with E-state index in [0.29, 0.717) is 30.2 Å².